The molecule has 1 aromatic carbocycles. The zero-order chi connectivity index (χ0) is 22.0. The first-order valence-electron chi connectivity index (χ1n) is 10.1. The molecule has 4 aromatic rings. The van der Waals surface area contributed by atoms with E-state index in [1.54, 1.807) is 25.4 Å². The highest BCUT2D eigenvalue weighted by molar-refractivity contribution is 6.04. The van der Waals surface area contributed by atoms with Crippen molar-refractivity contribution in [1.29, 1.82) is 0 Å². The molecule has 160 valence electrons. The third kappa shape index (κ3) is 4.09. The number of aryl methyl sites for hydroxylation is 2. The minimum Gasteiger partial charge on any atom is -0.497 e. The molecule has 0 unspecified atom stereocenters. The Balaban J connectivity index is 1.66. The normalized spacial score (nSPS) is 11.0. The largest absolute Gasteiger partial charge is 0.497 e. The van der Waals surface area contributed by atoms with Crippen molar-refractivity contribution in [2.24, 2.45) is 7.05 Å². The fraction of sp³-hybridized carbons (Fsp3) is 0.261. The van der Waals surface area contributed by atoms with Crippen molar-refractivity contribution in [3.63, 3.8) is 0 Å². The number of carbonyl (C=O) groups is 1. The maximum Gasteiger partial charge on any atom is 0.257 e. The summed E-state index contributed by atoms with van der Waals surface area (Å²) < 4.78 is 9.21. The fourth-order valence-corrected chi connectivity index (χ4v) is 3.60. The summed E-state index contributed by atoms with van der Waals surface area (Å²) in [6.45, 7) is 2.71. The number of pyridine rings is 1. The van der Waals surface area contributed by atoms with Gasteiger partial charge in [0.15, 0.2) is 0 Å². The number of imidazole rings is 2. The van der Waals surface area contributed by atoms with E-state index in [2.05, 4.69) is 22.1 Å². The van der Waals surface area contributed by atoms with E-state index in [0.717, 1.165) is 29.4 Å². The lowest BCUT2D eigenvalue weighted by Gasteiger charge is -2.20. The van der Waals surface area contributed by atoms with Gasteiger partial charge >= 0.3 is 0 Å². The van der Waals surface area contributed by atoms with Gasteiger partial charge in [0, 0.05) is 44.4 Å². The van der Waals surface area contributed by atoms with E-state index in [1.165, 1.54) is 0 Å². The average Bonchev–Trinajstić information content (AvgIpc) is 3.36. The topological polar surface area (TPSA) is 76.7 Å². The van der Waals surface area contributed by atoms with Crippen molar-refractivity contribution in [3.8, 4) is 5.75 Å². The Morgan fingerprint density at radius 2 is 2.10 bits per heavy atom. The van der Waals surface area contributed by atoms with Crippen molar-refractivity contribution >= 4 is 23.1 Å². The molecule has 0 atom stereocenters. The molecule has 0 saturated heterocycles. The first-order valence-corrected chi connectivity index (χ1v) is 10.1. The zero-order valence-electron chi connectivity index (χ0n) is 18.2. The molecule has 1 amide bonds. The van der Waals surface area contributed by atoms with Crippen LogP contribution < -0.4 is 15.0 Å². The van der Waals surface area contributed by atoms with Gasteiger partial charge in [0.2, 0.25) is 0 Å². The average molecular weight is 419 g/mol. The Kier molecular flexibility index (Phi) is 5.62. The van der Waals surface area contributed by atoms with Gasteiger partial charge in [-0.25, -0.2) is 9.97 Å². The van der Waals surface area contributed by atoms with Gasteiger partial charge in [-0.15, -0.1) is 0 Å². The number of methoxy groups -OCH3 is 1. The number of rotatable bonds is 7. The zero-order valence-corrected chi connectivity index (χ0v) is 18.2. The number of ether oxygens (including phenoxy) is 1. The number of fused-ring (bicyclic) bond motifs is 1. The van der Waals surface area contributed by atoms with Crippen LogP contribution in [-0.4, -0.2) is 39.0 Å². The monoisotopic (exact) mass is 418 g/mol. The van der Waals surface area contributed by atoms with Gasteiger partial charge in [-0.1, -0.05) is 13.0 Å². The number of benzene rings is 1. The summed E-state index contributed by atoms with van der Waals surface area (Å²) in [4.78, 5) is 24.2. The minimum absolute atomic E-state index is 0.195. The van der Waals surface area contributed by atoms with Gasteiger partial charge in [-0.3, -0.25) is 9.20 Å². The standard InChI is InChI=1S/C23H26N6O2/c1-5-19-23(28(3)15-21-24-11-12-27(21)2)29-14-16(9-10-20(29)26-19)22(30)25-17-7-6-8-18(13-17)31-4/h6-14H,5,15H2,1-4H3,(H,25,30). The highest BCUT2D eigenvalue weighted by Crippen LogP contribution is 2.25. The summed E-state index contributed by atoms with van der Waals surface area (Å²) in [5, 5.41) is 2.93. The Bertz CT molecular complexity index is 1230. The van der Waals surface area contributed by atoms with Crippen molar-refractivity contribution in [2.45, 2.75) is 19.9 Å². The second-order valence-electron chi connectivity index (χ2n) is 7.38. The lowest BCUT2D eigenvalue weighted by molar-refractivity contribution is 0.102. The van der Waals surface area contributed by atoms with Gasteiger partial charge < -0.3 is 19.5 Å². The molecule has 31 heavy (non-hydrogen) atoms. The lowest BCUT2D eigenvalue weighted by atomic mass is 10.2. The molecule has 0 aliphatic rings. The van der Waals surface area contributed by atoms with E-state index in [1.807, 2.05) is 59.7 Å². The van der Waals surface area contributed by atoms with Crippen molar-refractivity contribution in [1.82, 2.24) is 18.9 Å². The molecule has 0 bridgehead atoms. The van der Waals surface area contributed by atoms with Crippen LogP contribution >= 0.6 is 0 Å². The number of nitrogens with zero attached hydrogens (tertiary/aromatic N) is 5. The molecule has 3 heterocycles. The first kappa shape index (κ1) is 20.5. The molecule has 0 saturated carbocycles. The highest BCUT2D eigenvalue weighted by Gasteiger charge is 2.18. The quantitative estimate of drug-likeness (QED) is 0.497. The third-order valence-corrected chi connectivity index (χ3v) is 5.25. The summed E-state index contributed by atoms with van der Waals surface area (Å²) in [5.41, 5.74) is 3.00. The van der Waals surface area contributed by atoms with Crippen molar-refractivity contribution in [2.75, 3.05) is 24.4 Å². The van der Waals surface area contributed by atoms with Crippen LogP contribution in [0.2, 0.25) is 0 Å². The van der Waals surface area contributed by atoms with Crippen LogP contribution in [0.3, 0.4) is 0 Å². The fourth-order valence-electron chi connectivity index (χ4n) is 3.60. The van der Waals surface area contributed by atoms with Crippen LogP contribution in [0.4, 0.5) is 11.5 Å². The van der Waals surface area contributed by atoms with Gasteiger partial charge in [0.1, 0.15) is 23.0 Å². The highest BCUT2D eigenvalue weighted by atomic mass is 16.5. The van der Waals surface area contributed by atoms with E-state index < -0.39 is 0 Å². The third-order valence-electron chi connectivity index (χ3n) is 5.25. The molecular weight excluding hydrogens is 392 g/mol. The molecule has 1 N–H and O–H groups in total. The van der Waals surface area contributed by atoms with Crippen LogP contribution in [-0.2, 0) is 20.0 Å². The predicted molar refractivity (Wildman–Crippen MR) is 121 cm³/mol. The van der Waals surface area contributed by atoms with Gasteiger partial charge in [-0.2, -0.15) is 0 Å². The number of nitrogens with one attached hydrogen (secondary N) is 1. The summed E-state index contributed by atoms with van der Waals surface area (Å²) in [5.74, 6) is 2.40. The number of carbonyl (C=O) groups excluding carboxylic acids is 1. The Labute approximate surface area is 181 Å². The molecule has 0 fully saturated rings. The number of aromatic nitrogens is 4. The Hall–Kier alpha value is -3.81. The van der Waals surface area contributed by atoms with E-state index >= 15 is 0 Å². The molecule has 0 aliphatic heterocycles. The Morgan fingerprint density at radius 1 is 1.26 bits per heavy atom. The second-order valence-corrected chi connectivity index (χ2v) is 7.38. The van der Waals surface area contributed by atoms with E-state index in [-0.39, 0.29) is 5.91 Å². The SMILES string of the molecule is CCc1nc2ccc(C(=O)Nc3cccc(OC)c3)cn2c1N(C)Cc1nccn1C. The maximum absolute atomic E-state index is 12.9. The molecular formula is C23H26N6O2. The molecule has 3 aromatic heterocycles. The molecule has 8 nitrogen and oxygen atoms in total. The minimum atomic E-state index is -0.195. The van der Waals surface area contributed by atoms with Gasteiger partial charge in [0.05, 0.1) is 24.9 Å². The molecule has 0 aliphatic carbocycles. The van der Waals surface area contributed by atoms with Gasteiger partial charge in [0.25, 0.3) is 5.91 Å². The number of hydrogen-bond donors (Lipinski definition) is 1. The number of hydrogen-bond acceptors (Lipinski definition) is 5. The molecule has 0 spiro atoms. The van der Waals surface area contributed by atoms with Crippen LogP contribution in [0.15, 0.2) is 55.0 Å². The van der Waals surface area contributed by atoms with Crippen molar-refractivity contribution in [3.05, 3.63) is 72.1 Å². The predicted octanol–water partition coefficient (Wildman–Crippen LogP) is 3.53. The van der Waals surface area contributed by atoms with Crippen LogP contribution in [0.1, 0.15) is 28.8 Å². The number of anilines is 2. The van der Waals surface area contributed by atoms with E-state index in [0.29, 0.717) is 23.5 Å². The summed E-state index contributed by atoms with van der Waals surface area (Å²) >= 11 is 0. The van der Waals surface area contributed by atoms with E-state index in [9.17, 15) is 4.79 Å². The summed E-state index contributed by atoms with van der Waals surface area (Å²) in [6.07, 6.45) is 6.34. The smallest absolute Gasteiger partial charge is 0.257 e. The molecule has 0 radical (unpaired) electrons. The summed E-state index contributed by atoms with van der Waals surface area (Å²) in [6, 6.07) is 11.0. The summed E-state index contributed by atoms with van der Waals surface area (Å²) in [7, 11) is 5.59. The Morgan fingerprint density at radius 3 is 2.81 bits per heavy atom. The first-order chi connectivity index (χ1) is 15.0. The molecule has 4 rings (SSSR count). The van der Waals surface area contributed by atoms with Crippen LogP contribution in [0, 0.1) is 0 Å². The lowest BCUT2D eigenvalue weighted by Crippen LogP contribution is -2.22. The maximum atomic E-state index is 12.9. The molecule has 8 heteroatoms. The number of amides is 1. The van der Waals surface area contributed by atoms with E-state index in [4.69, 9.17) is 9.72 Å². The van der Waals surface area contributed by atoms with Crippen molar-refractivity contribution < 1.29 is 9.53 Å². The van der Waals surface area contributed by atoms with Crippen LogP contribution in [0.5, 0.6) is 5.75 Å². The van der Waals surface area contributed by atoms with Crippen LogP contribution in [0.25, 0.3) is 5.65 Å². The van der Waals surface area contributed by atoms with Gasteiger partial charge in [-0.05, 0) is 30.7 Å². The second kappa shape index (κ2) is 8.51.